The second-order valence-electron chi connectivity index (χ2n) is 5.34. The van der Waals surface area contributed by atoms with Crippen LogP contribution in [-0.4, -0.2) is 23.3 Å². The van der Waals surface area contributed by atoms with Gasteiger partial charge in [-0.05, 0) is 30.9 Å². The highest BCUT2D eigenvalue weighted by Gasteiger charge is 2.26. The van der Waals surface area contributed by atoms with Crippen molar-refractivity contribution in [3.63, 3.8) is 0 Å². The summed E-state index contributed by atoms with van der Waals surface area (Å²) in [6, 6.07) is 6.25. The largest absolute Gasteiger partial charge is 0.384 e. The van der Waals surface area contributed by atoms with E-state index in [2.05, 4.69) is 18.7 Å². The molecule has 2 rings (SSSR count). The number of benzene rings is 1. The summed E-state index contributed by atoms with van der Waals surface area (Å²) in [6.07, 6.45) is 1.25. The van der Waals surface area contributed by atoms with E-state index in [-0.39, 0.29) is 5.84 Å². The molecule has 1 heterocycles. The average molecular weight is 266 g/mol. The standard InChI is InChI=1S/C14H20ClN3/c1-9-5-10(2)18(7-9)8-12-4-3-11(14(16)17)6-13(12)15/h3-4,6,9-10H,5,7-8H2,1-2H3,(H3,16,17). The summed E-state index contributed by atoms with van der Waals surface area (Å²) in [7, 11) is 0. The predicted molar refractivity (Wildman–Crippen MR) is 76.1 cm³/mol. The summed E-state index contributed by atoms with van der Waals surface area (Å²) in [6.45, 7) is 6.56. The van der Waals surface area contributed by atoms with E-state index in [4.69, 9.17) is 22.7 Å². The molecule has 0 bridgehead atoms. The van der Waals surface area contributed by atoms with E-state index < -0.39 is 0 Å². The van der Waals surface area contributed by atoms with Crippen molar-refractivity contribution in [1.82, 2.24) is 4.90 Å². The van der Waals surface area contributed by atoms with Crippen LogP contribution in [0.1, 0.15) is 31.4 Å². The normalized spacial score (nSPS) is 24.4. The molecule has 4 heteroatoms. The second-order valence-corrected chi connectivity index (χ2v) is 5.75. The number of rotatable bonds is 3. The van der Waals surface area contributed by atoms with Gasteiger partial charge in [0.05, 0.1) is 0 Å². The first-order chi connectivity index (χ1) is 8.47. The van der Waals surface area contributed by atoms with Gasteiger partial charge in [0.2, 0.25) is 0 Å². The van der Waals surface area contributed by atoms with Gasteiger partial charge in [-0.15, -0.1) is 0 Å². The summed E-state index contributed by atoms with van der Waals surface area (Å²) < 4.78 is 0. The SMILES string of the molecule is CC1CC(C)N(Cc2ccc(C(=N)N)cc2Cl)C1. The van der Waals surface area contributed by atoms with Gasteiger partial charge in [-0.1, -0.05) is 30.7 Å². The van der Waals surface area contributed by atoms with Crippen molar-refractivity contribution in [1.29, 1.82) is 5.41 Å². The predicted octanol–water partition coefficient (Wildman–Crippen LogP) is 2.85. The van der Waals surface area contributed by atoms with E-state index >= 15 is 0 Å². The Morgan fingerprint density at radius 1 is 1.50 bits per heavy atom. The van der Waals surface area contributed by atoms with Crippen molar-refractivity contribution >= 4 is 17.4 Å². The highest BCUT2D eigenvalue weighted by Crippen LogP contribution is 2.27. The molecule has 0 aliphatic carbocycles. The van der Waals surface area contributed by atoms with E-state index in [0.29, 0.717) is 16.6 Å². The Morgan fingerprint density at radius 3 is 2.72 bits per heavy atom. The van der Waals surface area contributed by atoms with Crippen molar-refractivity contribution in [2.45, 2.75) is 32.9 Å². The summed E-state index contributed by atoms with van der Waals surface area (Å²) in [5, 5.41) is 8.10. The maximum atomic E-state index is 7.39. The van der Waals surface area contributed by atoms with Gasteiger partial charge in [0.1, 0.15) is 5.84 Å². The van der Waals surface area contributed by atoms with Crippen LogP contribution in [0.3, 0.4) is 0 Å². The van der Waals surface area contributed by atoms with Crippen molar-refractivity contribution in [2.75, 3.05) is 6.54 Å². The molecule has 18 heavy (non-hydrogen) atoms. The highest BCUT2D eigenvalue weighted by atomic mass is 35.5. The van der Waals surface area contributed by atoms with E-state index in [1.807, 2.05) is 12.1 Å². The van der Waals surface area contributed by atoms with E-state index in [1.165, 1.54) is 6.42 Å². The molecule has 3 N–H and O–H groups in total. The molecule has 0 aromatic heterocycles. The molecule has 1 aliphatic heterocycles. The average Bonchev–Trinajstić information content (AvgIpc) is 2.60. The van der Waals surface area contributed by atoms with E-state index in [9.17, 15) is 0 Å². The summed E-state index contributed by atoms with van der Waals surface area (Å²) in [5.41, 5.74) is 7.25. The molecule has 98 valence electrons. The maximum Gasteiger partial charge on any atom is 0.122 e. The van der Waals surface area contributed by atoms with Crippen LogP contribution in [0.5, 0.6) is 0 Å². The fraction of sp³-hybridized carbons (Fsp3) is 0.500. The van der Waals surface area contributed by atoms with Gasteiger partial charge < -0.3 is 5.73 Å². The minimum absolute atomic E-state index is 0.0617. The number of nitrogens with zero attached hydrogens (tertiary/aromatic N) is 1. The fourth-order valence-corrected chi connectivity index (χ4v) is 2.91. The highest BCUT2D eigenvalue weighted by molar-refractivity contribution is 6.31. The minimum atomic E-state index is 0.0617. The number of hydrogen-bond donors (Lipinski definition) is 2. The quantitative estimate of drug-likeness (QED) is 0.652. The summed E-state index contributed by atoms with van der Waals surface area (Å²) >= 11 is 6.26. The van der Waals surface area contributed by atoms with Crippen LogP contribution in [0.15, 0.2) is 18.2 Å². The lowest BCUT2D eigenvalue weighted by atomic mass is 10.1. The first kappa shape index (κ1) is 13.4. The van der Waals surface area contributed by atoms with Crippen LogP contribution in [-0.2, 0) is 6.54 Å². The van der Waals surface area contributed by atoms with Gasteiger partial charge in [0.15, 0.2) is 0 Å². The third kappa shape index (κ3) is 2.85. The van der Waals surface area contributed by atoms with E-state index in [1.54, 1.807) is 6.07 Å². The molecular formula is C14H20ClN3. The molecule has 1 aromatic rings. The van der Waals surface area contributed by atoms with Crippen LogP contribution in [0.4, 0.5) is 0 Å². The molecule has 0 radical (unpaired) electrons. The number of halogens is 1. The van der Waals surface area contributed by atoms with Crippen molar-refractivity contribution in [3.8, 4) is 0 Å². The number of nitrogens with one attached hydrogen (secondary N) is 1. The molecule has 1 aliphatic rings. The molecule has 1 aromatic carbocycles. The molecular weight excluding hydrogens is 246 g/mol. The first-order valence-electron chi connectivity index (χ1n) is 6.34. The van der Waals surface area contributed by atoms with Crippen LogP contribution in [0.2, 0.25) is 5.02 Å². The Morgan fingerprint density at radius 2 is 2.22 bits per heavy atom. The van der Waals surface area contributed by atoms with Crippen LogP contribution >= 0.6 is 11.6 Å². The minimum Gasteiger partial charge on any atom is -0.384 e. The molecule has 2 atom stereocenters. The van der Waals surface area contributed by atoms with Gasteiger partial charge in [0, 0.05) is 29.7 Å². The monoisotopic (exact) mass is 265 g/mol. The van der Waals surface area contributed by atoms with Crippen LogP contribution in [0.25, 0.3) is 0 Å². The Hall–Kier alpha value is -1.06. The van der Waals surface area contributed by atoms with E-state index in [0.717, 1.165) is 24.6 Å². The maximum absolute atomic E-state index is 7.39. The number of nitrogen functional groups attached to an aromatic ring is 1. The van der Waals surface area contributed by atoms with Gasteiger partial charge >= 0.3 is 0 Å². The molecule has 3 nitrogen and oxygen atoms in total. The Labute approximate surface area is 113 Å². The lowest BCUT2D eigenvalue weighted by molar-refractivity contribution is 0.256. The van der Waals surface area contributed by atoms with Gasteiger partial charge in [0.25, 0.3) is 0 Å². The number of likely N-dealkylation sites (tertiary alicyclic amines) is 1. The van der Waals surface area contributed by atoms with Gasteiger partial charge in [-0.3, -0.25) is 10.3 Å². The Balaban J connectivity index is 2.12. The Bertz CT molecular complexity index is 458. The molecule has 0 amide bonds. The van der Waals surface area contributed by atoms with Crippen molar-refractivity contribution in [3.05, 3.63) is 34.3 Å². The molecule has 0 saturated carbocycles. The zero-order chi connectivity index (χ0) is 13.3. The lowest BCUT2D eigenvalue weighted by Gasteiger charge is -2.21. The zero-order valence-corrected chi connectivity index (χ0v) is 11.7. The topological polar surface area (TPSA) is 53.1 Å². The summed E-state index contributed by atoms with van der Waals surface area (Å²) in [4.78, 5) is 2.46. The third-order valence-corrected chi connectivity index (χ3v) is 4.00. The molecule has 1 fully saturated rings. The smallest absolute Gasteiger partial charge is 0.122 e. The Kier molecular flexibility index (Phi) is 3.93. The fourth-order valence-electron chi connectivity index (χ4n) is 2.67. The summed E-state index contributed by atoms with van der Waals surface area (Å²) in [5.74, 6) is 0.821. The molecule has 1 saturated heterocycles. The van der Waals surface area contributed by atoms with Crippen molar-refractivity contribution < 1.29 is 0 Å². The van der Waals surface area contributed by atoms with Crippen molar-refractivity contribution in [2.24, 2.45) is 11.7 Å². The number of nitrogens with two attached hydrogens (primary N) is 1. The van der Waals surface area contributed by atoms with Gasteiger partial charge in [-0.2, -0.15) is 0 Å². The second kappa shape index (κ2) is 5.29. The van der Waals surface area contributed by atoms with Gasteiger partial charge in [-0.25, -0.2) is 0 Å². The number of amidine groups is 1. The molecule has 0 spiro atoms. The zero-order valence-electron chi connectivity index (χ0n) is 10.9. The third-order valence-electron chi connectivity index (χ3n) is 3.65. The lowest BCUT2D eigenvalue weighted by Crippen LogP contribution is -2.26. The van der Waals surface area contributed by atoms with Crippen LogP contribution in [0, 0.1) is 11.3 Å². The molecule has 2 unspecified atom stereocenters. The first-order valence-corrected chi connectivity index (χ1v) is 6.72. The number of hydrogen-bond acceptors (Lipinski definition) is 2. The van der Waals surface area contributed by atoms with Crippen LogP contribution < -0.4 is 5.73 Å².